The molecule has 2 heterocycles. The minimum absolute atomic E-state index is 0.0102. The summed E-state index contributed by atoms with van der Waals surface area (Å²) in [5.74, 6) is -1.02. The summed E-state index contributed by atoms with van der Waals surface area (Å²) in [6.45, 7) is 2.99. The lowest BCUT2D eigenvalue weighted by Crippen LogP contribution is -2.40. The zero-order valence-electron chi connectivity index (χ0n) is 14.4. The first-order chi connectivity index (χ1) is 12.2. The number of urea groups is 1. The summed E-state index contributed by atoms with van der Waals surface area (Å²) < 4.78 is 13.1. The Labute approximate surface area is 153 Å². The molecule has 136 valence electrons. The minimum Gasteiger partial charge on any atom is -0.319 e. The maximum absolute atomic E-state index is 13.1. The first-order valence-electron chi connectivity index (χ1n) is 7.81. The molecule has 1 fully saturated rings. The van der Waals surface area contributed by atoms with E-state index in [9.17, 15) is 18.8 Å². The molecule has 0 saturated carbocycles. The van der Waals surface area contributed by atoms with E-state index in [-0.39, 0.29) is 12.5 Å². The third kappa shape index (κ3) is 3.05. The number of benzene rings is 1. The van der Waals surface area contributed by atoms with Crippen molar-refractivity contribution in [3.8, 4) is 0 Å². The molecule has 3 rings (SSSR count). The maximum atomic E-state index is 13.1. The van der Waals surface area contributed by atoms with Crippen LogP contribution in [-0.2, 0) is 21.7 Å². The first kappa shape index (κ1) is 18.0. The van der Waals surface area contributed by atoms with Crippen molar-refractivity contribution in [3.63, 3.8) is 0 Å². The number of hydrogen-bond acceptors (Lipinski definition) is 5. The van der Waals surface area contributed by atoms with E-state index >= 15 is 0 Å². The van der Waals surface area contributed by atoms with E-state index in [0.717, 1.165) is 4.90 Å². The van der Waals surface area contributed by atoms with Crippen molar-refractivity contribution in [2.24, 2.45) is 0 Å². The Morgan fingerprint density at radius 1 is 1.35 bits per heavy atom. The van der Waals surface area contributed by atoms with Gasteiger partial charge in [-0.25, -0.2) is 14.2 Å². The summed E-state index contributed by atoms with van der Waals surface area (Å²) in [6, 6.07) is 4.88. The molecule has 1 atom stereocenters. The van der Waals surface area contributed by atoms with Crippen LogP contribution in [0.3, 0.4) is 0 Å². The van der Waals surface area contributed by atoms with Crippen LogP contribution in [0.1, 0.15) is 25.1 Å². The molecule has 2 aromatic rings. The Hall–Kier alpha value is -2.81. The number of nitrogens with one attached hydrogen (secondary N) is 1. The predicted octanol–water partition coefficient (Wildman–Crippen LogP) is 2.23. The fourth-order valence-corrected chi connectivity index (χ4v) is 3.46. The molecular formula is C17H17FN4O3S. The van der Waals surface area contributed by atoms with Crippen LogP contribution in [-0.4, -0.2) is 34.8 Å². The van der Waals surface area contributed by atoms with E-state index in [1.807, 2.05) is 0 Å². The van der Waals surface area contributed by atoms with Gasteiger partial charge in [-0.1, -0.05) is 12.1 Å². The van der Waals surface area contributed by atoms with Gasteiger partial charge in [0.25, 0.3) is 5.91 Å². The first-order valence-corrected chi connectivity index (χ1v) is 8.69. The highest BCUT2D eigenvalue weighted by Gasteiger charge is 2.49. The van der Waals surface area contributed by atoms with Crippen molar-refractivity contribution in [1.29, 1.82) is 0 Å². The van der Waals surface area contributed by atoms with Crippen molar-refractivity contribution in [2.45, 2.75) is 25.9 Å². The number of carbonyl (C=O) groups is 3. The second-order valence-electron chi connectivity index (χ2n) is 6.15. The van der Waals surface area contributed by atoms with E-state index in [1.54, 1.807) is 19.4 Å². The summed E-state index contributed by atoms with van der Waals surface area (Å²) >= 11 is 1.25. The molecule has 7 nitrogen and oxygen atoms in total. The molecule has 0 aliphatic carbocycles. The fraction of sp³-hybridized carbons (Fsp3) is 0.294. The zero-order valence-corrected chi connectivity index (χ0v) is 15.3. The number of aromatic nitrogens is 1. The lowest BCUT2D eigenvalue weighted by molar-refractivity contribution is -0.131. The topological polar surface area (TPSA) is 82.6 Å². The number of rotatable bonds is 4. The van der Waals surface area contributed by atoms with E-state index < -0.39 is 23.3 Å². The molecule has 0 bridgehead atoms. The lowest BCUT2D eigenvalue weighted by atomic mass is 9.92. The Morgan fingerprint density at radius 2 is 2.00 bits per heavy atom. The van der Waals surface area contributed by atoms with Crippen LogP contribution in [0.2, 0.25) is 0 Å². The molecule has 1 N–H and O–H groups in total. The Kier molecular flexibility index (Phi) is 4.49. The SMILES string of the molecule is CC(=O)N(C)c1nc(CN2C(=O)NC(C)(c3ccc(F)cc3)C2=O)cs1. The van der Waals surface area contributed by atoms with Gasteiger partial charge in [-0.05, 0) is 24.6 Å². The monoisotopic (exact) mass is 376 g/mol. The Bertz CT molecular complexity index is 882. The molecule has 1 aromatic heterocycles. The quantitative estimate of drug-likeness (QED) is 0.830. The highest BCUT2D eigenvalue weighted by molar-refractivity contribution is 7.14. The molecule has 26 heavy (non-hydrogen) atoms. The van der Waals surface area contributed by atoms with Crippen LogP contribution in [0.25, 0.3) is 0 Å². The van der Waals surface area contributed by atoms with Crippen LogP contribution in [0.5, 0.6) is 0 Å². The Morgan fingerprint density at radius 3 is 2.62 bits per heavy atom. The van der Waals surface area contributed by atoms with Crippen LogP contribution < -0.4 is 10.2 Å². The van der Waals surface area contributed by atoms with Gasteiger partial charge in [0.1, 0.15) is 11.4 Å². The number of anilines is 1. The lowest BCUT2D eigenvalue weighted by Gasteiger charge is -2.22. The molecule has 4 amide bonds. The number of amides is 4. The van der Waals surface area contributed by atoms with Crippen molar-refractivity contribution in [3.05, 3.63) is 46.7 Å². The van der Waals surface area contributed by atoms with Gasteiger partial charge in [0.2, 0.25) is 5.91 Å². The molecule has 1 aliphatic heterocycles. The summed E-state index contributed by atoms with van der Waals surface area (Å²) in [6.07, 6.45) is 0. The highest BCUT2D eigenvalue weighted by Crippen LogP contribution is 2.30. The summed E-state index contributed by atoms with van der Waals surface area (Å²) in [4.78, 5) is 43.3. The second kappa shape index (κ2) is 6.49. The third-order valence-corrected chi connectivity index (χ3v) is 5.28. The van der Waals surface area contributed by atoms with Gasteiger partial charge in [0, 0.05) is 19.4 Å². The van der Waals surface area contributed by atoms with Gasteiger partial charge in [0.05, 0.1) is 12.2 Å². The van der Waals surface area contributed by atoms with Gasteiger partial charge >= 0.3 is 6.03 Å². The van der Waals surface area contributed by atoms with E-state index in [2.05, 4.69) is 10.3 Å². The van der Waals surface area contributed by atoms with Gasteiger partial charge in [0.15, 0.2) is 5.13 Å². The third-order valence-electron chi connectivity index (χ3n) is 4.32. The standard InChI is InChI=1S/C17H17FN4O3S/c1-10(23)21(3)16-19-13(9-26-16)8-22-14(24)17(2,20-15(22)25)11-4-6-12(18)7-5-11/h4-7,9H,8H2,1-3H3,(H,20,25). The van der Waals surface area contributed by atoms with E-state index in [4.69, 9.17) is 0 Å². The largest absolute Gasteiger partial charge is 0.325 e. The molecule has 1 unspecified atom stereocenters. The summed E-state index contributed by atoms with van der Waals surface area (Å²) in [5.41, 5.74) is -0.264. The summed E-state index contributed by atoms with van der Waals surface area (Å²) in [7, 11) is 1.60. The molecule has 9 heteroatoms. The van der Waals surface area contributed by atoms with Crippen LogP contribution in [0, 0.1) is 5.82 Å². The molecular weight excluding hydrogens is 359 g/mol. The maximum Gasteiger partial charge on any atom is 0.325 e. The zero-order chi connectivity index (χ0) is 19.1. The second-order valence-corrected chi connectivity index (χ2v) is 6.99. The van der Waals surface area contributed by atoms with Crippen LogP contribution in [0.4, 0.5) is 14.3 Å². The van der Waals surface area contributed by atoms with Gasteiger partial charge < -0.3 is 5.32 Å². The van der Waals surface area contributed by atoms with Crippen molar-refractivity contribution in [2.75, 3.05) is 11.9 Å². The average molecular weight is 376 g/mol. The van der Waals surface area contributed by atoms with E-state index in [1.165, 1.54) is 47.4 Å². The van der Waals surface area contributed by atoms with E-state index in [0.29, 0.717) is 16.4 Å². The predicted molar refractivity (Wildman–Crippen MR) is 94.0 cm³/mol. The number of hydrogen-bond donors (Lipinski definition) is 1. The fourth-order valence-electron chi connectivity index (χ4n) is 2.64. The molecule has 1 saturated heterocycles. The van der Waals surface area contributed by atoms with Gasteiger partial charge in [-0.15, -0.1) is 11.3 Å². The normalized spacial score (nSPS) is 19.6. The van der Waals surface area contributed by atoms with Crippen LogP contribution >= 0.6 is 11.3 Å². The molecule has 1 aromatic carbocycles. The van der Waals surface area contributed by atoms with Gasteiger partial charge in [-0.3, -0.25) is 19.4 Å². The van der Waals surface area contributed by atoms with Crippen LogP contribution in [0.15, 0.2) is 29.6 Å². The highest BCUT2D eigenvalue weighted by atomic mass is 32.1. The van der Waals surface area contributed by atoms with Gasteiger partial charge in [-0.2, -0.15) is 0 Å². The minimum atomic E-state index is -1.26. The van der Waals surface area contributed by atoms with Crippen molar-refractivity contribution < 1.29 is 18.8 Å². The smallest absolute Gasteiger partial charge is 0.319 e. The molecule has 0 radical (unpaired) electrons. The van der Waals surface area contributed by atoms with Crippen molar-refractivity contribution in [1.82, 2.24) is 15.2 Å². The number of thiazole rings is 1. The number of imide groups is 1. The number of halogens is 1. The molecule has 1 aliphatic rings. The average Bonchev–Trinajstić information content (AvgIpc) is 3.14. The summed E-state index contributed by atoms with van der Waals surface area (Å²) in [5, 5.41) is 4.84. The number of nitrogens with zero attached hydrogens (tertiary/aromatic N) is 3. The molecule has 0 spiro atoms. The van der Waals surface area contributed by atoms with Crippen molar-refractivity contribution >= 4 is 34.3 Å². The number of carbonyl (C=O) groups excluding carboxylic acids is 3. The Balaban J connectivity index is 1.81.